The van der Waals surface area contributed by atoms with E-state index in [-0.39, 0.29) is 16.8 Å². The van der Waals surface area contributed by atoms with Crippen molar-refractivity contribution in [3.8, 4) is 0 Å². The van der Waals surface area contributed by atoms with Crippen molar-refractivity contribution in [1.29, 1.82) is 0 Å². The van der Waals surface area contributed by atoms with Gasteiger partial charge < -0.3 is 18.6 Å². The summed E-state index contributed by atoms with van der Waals surface area (Å²) in [6.45, 7) is 0. The first-order valence-electron chi connectivity index (χ1n) is 9.38. The third-order valence-corrected chi connectivity index (χ3v) is 5.04. The van der Waals surface area contributed by atoms with E-state index in [1.807, 2.05) is 6.07 Å². The Hall–Kier alpha value is -4.40. The smallest absolute Gasteiger partial charge is 0.355 e. The number of carbonyl (C=O) groups is 3. The van der Waals surface area contributed by atoms with E-state index in [0.29, 0.717) is 21.8 Å². The van der Waals surface area contributed by atoms with Crippen LogP contribution in [0.4, 0.5) is 0 Å². The number of rotatable bonds is 4. The Morgan fingerprint density at radius 3 is 2.31 bits per heavy atom. The first kappa shape index (κ1) is 20.9. The van der Waals surface area contributed by atoms with Crippen molar-refractivity contribution >= 4 is 56.4 Å². The first-order valence-corrected chi connectivity index (χ1v) is 9.38. The molecule has 0 fully saturated rings. The van der Waals surface area contributed by atoms with Crippen molar-refractivity contribution in [2.24, 2.45) is 0 Å². The summed E-state index contributed by atoms with van der Waals surface area (Å²) in [6.07, 6.45) is 0.985. The molecule has 0 spiro atoms. The zero-order valence-electron chi connectivity index (χ0n) is 17.3. The summed E-state index contributed by atoms with van der Waals surface area (Å²) in [5.41, 5.74) is -0.0444. The maximum atomic E-state index is 12.7. The number of hydrogen-bond donors (Lipinski definition) is 0. The largest absolute Gasteiger partial charge is 0.466 e. The summed E-state index contributed by atoms with van der Waals surface area (Å²) in [4.78, 5) is 49.3. The number of nitrogens with zero attached hydrogens (tertiary/aromatic N) is 1. The van der Waals surface area contributed by atoms with Gasteiger partial charge in [-0.2, -0.15) is 0 Å². The van der Waals surface area contributed by atoms with Gasteiger partial charge >= 0.3 is 23.5 Å². The molecule has 2 aromatic heterocycles. The van der Waals surface area contributed by atoms with Gasteiger partial charge in [-0.1, -0.05) is 24.3 Å². The van der Waals surface area contributed by atoms with Crippen LogP contribution in [0.25, 0.3) is 38.5 Å². The normalized spacial score (nSPS) is 11.7. The standard InChI is InChI=1S/C23H17NO8/c1-29-18(25)11-17(23(28)31-3)24-16-7-5-4-6-12(16)13-8-9-14-15(22(27)30-2)10-19(26)32-21(14)20(13)24/h4-11H,1-3H3/b17-11+. The lowest BCUT2D eigenvalue weighted by molar-refractivity contribution is -0.137. The van der Waals surface area contributed by atoms with Gasteiger partial charge in [-0.05, 0) is 12.1 Å². The van der Waals surface area contributed by atoms with E-state index in [2.05, 4.69) is 0 Å². The summed E-state index contributed by atoms with van der Waals surface area (Å²) >= 11 is 0. The van der Waals surface area contributed by atoms with Crippen LogP contribution < -0.4 is 5.63 Å². The molecule has 0 saturated carbocycles. The zero-order valence-corrected chi connectivity index (χ0v) is 17.3. The Morgan fingerprint density at radius 1 is 0.906 bits per heavy atom. The number of aromatic nitrogens is 1. The molecule has 32 heavy (non-hydrogen) atoms. The lowest BCUT2D eigenvalue weighted by Crippen LogP contribution is -2.14. The van der Waals surface area contributed by atoms with Gasteiger partial charge in [0.2, 0.25) is 0 Å². The SMILES string of the molecule is COC(=O)/C=C(\C(=O)OC)n1c2ccccc2c2ccc3c(C(=O)OC)cc(=O)oc3c21. The quantitative estimate of drug-likeness (QED) is 0.208. The number of carbonyl (C=O) groups excluding carboxylic acids is 3. The first-order chi connectivity index (χ1) is 15.4. The highest BCUT2D eigenvalue weighted by Gasteiger charge is 2.25. The lowest BCUT2D eigenvalue weighted by Gasteiger charge is -2.12. The molecule has 0 unspecified atom stereocenters. The lowest BCUT2D eigenvalue weighted by atomic mass is 10.1. The molecule has 9 nitrogen and oxygen atoms in total. The van der Waals surface area contributed by atoms with E-state index >= 15 is 0 Å². The van der Waals surface area contributed by atoms with Crippen molar-refractivity contribution in [2.45, 2.75) is 0 Å². The molecule has 0 aliphatic carbocycles. The van der Waals surface area contributed by atoms with Crippen LogP contribution in [0.15, 0.2) is 57.8 Å². The van der Waals surface area contributed by atoms with Crippen LogP contribution in [0.5, 0.6) is 0 Å². The van der Waals surface area contributed by atoms with Crippen LogP contribution in [-0.4, -0.2) is 43.8 Å². The number of ether oxygens (including phenoxy) is 3. The molecule has 0 bridgehead atoms. The number of esters is 3. The van der Waals surface area contributed by atoms with E-state index in [4.69, 9.17) is 18.6 Å². The van der Waals surface area contributed by atoms with E-state index in [1.54, 1.807) is 30.3 Å². The van der Waals surface area contributed by atoms with Crippen molar-refractivity contribution in [2.75, 3.05) is 21.3 Å². The van der Waals surface area contributed by atoms with Gasteiger partial charge in [0.05, 0.1) is 44.0 Å². The average molecular weight is 435 g/mol. The van der Waals surface area contributed by atoms with Crippen LogP contribution in [0.1, 0.15) is 10.4 Å². The molecule has 2 heterocycles. The fourth-order valence-corrected chi connectivity index (χ4v) is 3.69. The molecule has 162 valence electrons. The van der Waals surface area contributed by atoms with E-state index in [9.17, 15) is 19.2 Å². The number of hydrogen-bond acceptors (Lipinski definition) is 8. The van der Waals surface area contributed by atoms with Gasteiger partial charge in [-0.15, -0.1) is 0 Å². The molecule has 4 rings (SSSR count). The molecule has 0 N–H and O–H groups in total. The monoisotopic (exact) mass is 435 g/mol. The minimum atomic E-state index is -0.818. The van der Waals surface area contributed by atoms with E-state index < -0.39 is 23.5 Å². The van der Waals surface area contributed by atoms with Gasteiger partial charge in [0, 0.05) is 22.2 Å². The van der Waals surface area contributed by atoms with E-state index in [0.717, 1.165) is 17.5 Å². The second kappa shape index (κ2) is 8.03. The van der Waals surface area contributed by atoms with Crippen molar-refractivity contribution < 1.29 is 33.0 Å². The van der Waals surface area contributed by atoms with Gasteiger partial charge in [0.1, 0.15) is 5.70 Å². The highest BCUT2D eigenvalue weighted by Crippen LogP contribution is 2.37. The third-order valence-electron chi connectivity index (χ3n) is 5.04. The molecule has 0 saturated heterocycles. The average Bonchev–Trinajstić information content (AvgIpc) is 3.15. The highest BCUT2D eigenvalue weighted by atomic mass is 16.5. The maximum Gasteiger partial charge on any atom is 0.355 e. The molecule has 2 aromatic carbocycles. The Kier molecular flexibility index (Phi) is 5.23. The van der Waals surface area contributed by atoms with Crippen LogP contribution in [0, 0.1) is 0 Å². The summed E-state index contributed by atoms with van der Waals surface area (Å²) in [6, 6.07) is 11.5. The molecule has 0 radical (unpaired) electrons. The molecule has 4 aromatic rings. The van der Waals surface area contributed by atoms with Crippen molar-refractivity contribution in [3.63, 3.8) is 0 Å². The Morgan fingerprint density at radius 2 is 1.62 bits per heavy atom. The Labute approximate surface area is 180 Å². The van der Waals surface area contributed by atoms with Gasteiger partial charge in [0.25, 0.3) is 0 Å². The predicted octanol–water partition coefficient (Wildman–Crippen LogP) is 2.87. The zero-order chi connectivity index (χ0) is 23.0. The fraction of sp³-hybridized carbons (Fsp3) is 0.130. The maximum absolute atomic E-state index is 12.7. The highest BCUT2D eigenvalue weighted by molar-refractivity contribution is 6.25. The van der Waals surface area contributed by atoms with Crippen molar-refractivity contribution in [3.05, 3.63) is 64.5 Å². The summed E-state index contributed by atoms with van der Waals surface area (Å²) in [5, 5.41) is 1.64. The molecule has 0 aliphatic rings. The van der Waals surface area contributed by atoms with Crippen LogP contribution in [-0.2, 0) is 23.8 Å². The number of fused-ring (bicyclic) bond motifs is 5. The van der Waals surface area contributed by atoms with Crippen LogP contribution in [0.3, 0.4) is 0 Å². The molecule has 9 heteroatoms. The molecular weight excluding hydrogens is 418 g/mol. The Balaban J connectivity index is 2.27. The van der Waals surface area contributed by atoms with Gasteiger partial charge in [-0.25, -0.2) is 19.2 Å². The third kappa shape index (κ3) is 3.20. The van der Waals surface area contributed by atoms with Crippen molar-refractivity contribution in [1.82, 2.24) is 4.57 Å². The molecule has 0 amide bonds. The minimum Gasteiger partial charge on any atom is -0.466 e. The summed E-state index contributed by atoms with van der Waals surface area (Å²) in [5.74, 6) is -2.32. The van der Waals surface area contributed by atoms with E-state index in [1.165, 1.54) is 25.9 Å². The number of methoxy groups -OCH3 is 3. The number of para-hydroxylation sites is 1. The second-order valence-electron chi connectivity index (χ2n) is 6.71. The number of benzene rings is 2. The van der Waals surface area contributed by atoms with Gasteiger partial charge in [0.15, 0.2) is 5.58 Å². The molecule has 0 atom stereocenters. The minimum absolute atomic E-state index is 0.00835. The Bertz CT molecular complexity index is 1510. The van der Waals surface area contributed by atoms with Crippen LogP contribution in [0.2, 0.25) is 0 Å². The summed E-state index contributed by atoms with van der Waals surface area (Å²) < 4.78 is 21.3. The topological polar surface area (TPSA) is 114 Å². The predicted molar refractivity (Wildman–Crippen MR) is 115 cm³/mol. The second-order valence-corrected chi connectivity index (χ2v) is 6.71. The van der Waals surface area contributed by atoms with Gasteiger partial charge in [-0.3, -0.25) is 4.57 Å². The fourth-order valence-electron chi connectivity index (χ4n) is 3.69. The molecular formula is C23H17NO8. The van der Waals surface area contributed by atoms with Crippen LogP contribution >= 0.6 is 0 Å². The molecule has 0 aliphatic heterocycles. The summed E-state index contributed by atoms with van der Waals surface area (Å²) in [7, 11) is 3.55.